The molecule has 1 aromatic rings. The highest BCUT2D eigenvalue weighted by Gasteiger charge is 2.20. The number of amides is 3. The van der Waals surface area contributed by atoms with Crippen LogP contribution in [-0.2, 0) is 11.3 Å². The van der Waals surface area contributed by atoms with Crippen molar-refractivity contribution in [2.75, 3.05) is 13.6 Å². The second kappa shape index (κ2) is 7.65. The number of nitrogens with zero attached hydrogens (tertiary/aromatic N) is 1. The number of rotatable bonds is 5. The average Bonchev–Trinajstić information content (AvgIpc) is 2.40. The molecule has 1 atom stereocenters. The van der Waals surface area contributed by atoms with E-state index in [0.29, 0.717) is 13.1 Å². The Morgan fingerprint density at radius 3 is 2.55 bits per heavy atom. The number of nitrogens with one attached hydrogen (secondary N) is 2. The Morgan fingerprint density at radius 2 is 1.95 bits per heavy atom. The number of hydrogen-bond acceptors (Lipinski definition) is 3. The van der Waals surface area contributed by atoms with E-state index in [4.69, 9.17) is 0 Å². The first-order chi connectivity index (χ1) is 9.45. The number of hydrogen-bond donors (Lipinski definition) is 2. The topological polar surface area (TPSA) is 61.4 Å². The minimum Gasteiger partial charge on any atom is -0.338 e. The Morgan fingerprint density at radius 1 is 1.30 bits per heavy atom. The van der Waals surface area contributed by atoms with Gasteiger partial charge in [-0.05, 0) is 38.9 Å². The van der Waals surface area contributed by atoms with E-state index >= 15 is 0 Å². The summed E-state index contributed by atoms with van der Waals surface area (Å²) in [6.07, 6.45) is 0. The Kier molecular flexibility index (Phi) is 6.18. The number of benzene rings is 1. The number of carbonyl (C=O) groups is 2. The Bertz CT molecular complexity index is 474. The van der Waals surface area contributed by atoms with Crippen LogP contribution < -0.4 is 10.6 Å². The molecule has 20 heavy (non-hydrogen) atoms. The largest absolute Gasteiger partial charge is 0.338 e. The van der Waals surface area contributed by atoms with Crippen LogP contribution in [0.15, 0.2) is 24.3 Å². The zero-order valence-corrected chi connectivity index (χ0v) is 12.6. The van der Waals surface area contributed by atoms with E-state index in [1.165, 1.54) is 11.1 Å². The van der Waals surface area contributed by atoms with E-state index < -0.39 is 6.03 Å². The molecule has 5 nitrogen and oxygen atoms in total. The van der Waals surface area contributed by atoms with Crippen LogP contribution in [0.1, 0.15) is 25.0 Å². The fourth-order valence-corrected chi connectivity index (χ4v) is 1.81. The molecule has 0 bridgehead atoms. The maximum atomic E-state index is 11.9. The van der Waals surface area contributed by atoms with Crippen LogP contribution in [-0.4, -0.2) is 36.5 Å². The molecule has 0 aliphatic heterocycles. The number of imide groups is 1. The molecule has 2 N–H and O–H groups in total. The van der Waals surface area contributed by atoms with Crippen molar-refractivity contribution in [2.24, 2.45) is 0 Å². The molecule has 110 valence electrons. The molecule has 0 aliphatic rings. The minimum atomic E-state index is -0.450. The van der Waals surface area contributed by atoms with Crippen molar-refractivity contribution in [3.05, 3.63) is 35.4 Å². The molecule has 1 aromatic carbocycles. The van der Waals surface area contributed by atoms with Gasteiger partial charge in [0.1, 0.15) is 0 Å². The highest BCUT2D eigenvalue weighted by Crippen LogP contribution is 2.11. The van der Waals surface area contributed by atoms with Crippen molar-refractivity contribution in [3.63, 3.8) is 0 Å². The van der Waals surface area contributed by atoms with Crippen LogP contribution in [0.2, 0.25) is 0 Å². The molecule has 5 heteroatoms. The van der Waals surface area contributed by atoms with Crippen molar-refractivity contribution >= 4 is 11.9 Å². The number of likely N-dealkylation sites (N-methyl/N-ethyl adjacent to an activating group) is 1. The Labute approximate surface area is 120 Å². The first-order valence-corrected chi connectivity index (χ1v) is 6.79. The predicted octanol–water partition coefficient (Wildman–Crippen LogP) is 1.66. The first-order valence-electron chi connectivity index (χ1n) is 6.79. The molecule has 0 spiro atoms. The second-order valence-corrected chi connectivity index (χ2v) is 4.87. The fourth-order valence-electron chi connectivity index (χ4n) is 1.81. The zero-order chi connectivity index (χ0) is 15.1. The molecule has 0 unspecified atom stereocenters. The maximum absolute atomic E-state index is 11.9. The van der Waals surface area contributed by atoms with Gasteiger partial charge in [-0.25, -0.2) is 4.79 Å². The summed E-state index contributed by atoms with van der Waals surface area (Å²) < 4.78 is 0. The van der Waals surface area contributed by atoms with Gasteiger partial charge < -0.3 is 5.32 Å². The van der Waals surface area contributed by atoms with Crippen LogP contribution in [0, 0.1) is 6.92 Å². The lowest BCUT2D eigenvalue weighted by Crippen LogP contribution is -2.48. The van der Waals surface area contributed by atoms with E-state index in [1.807, 2.05) is 43.1 Å². The Balaban J connectivity index is 2.58. The van der Waals surface area contributed by atoms with E-state index in [-0.39, 0.29) is 11.9 Å². The molecule has 1 rings (SSSR count). The average molecular weight is 277 g/mol. The van der Waals surface area contributed by atoms with E-state index in [0.717, 1.165) is 0 Å². The van der Waals surface area contributed by atoms with Crippen LogP contribution in [0.25, 0.3) is 0 Å². The monoisotopic (exact) mass is 277 g/mol. The van der Waals surface area contributed by atoms with Crippen LogP contribution >= 0.6 is 0 Å². The quantitative estimate of drug-likeness (QED) is 0.860. The summed E-state index contributed by atoms with van der Waals surface area (Å²) in [6.45, 7) is 6.79. The lowest BCUT2D eigenvalue weighted by molar-refractivity contribution is -0.124. The maximum Gasteiger partial charge on any atom is 0.321 e. The highest BCUT2D eigenvalue weighted by atomic mass is 16.2. The van der Waals surface area contributed by atoms with Crippen molar-refractivity contribution in [1.82, 2.24) is 15.5 Å². The van der Waals surface area contributed by atoms with Crippen LogP contribution in [0.3, 0.4) is 0 Å². The standard InChI is InChI=1S/C15H23N3O2/c1-5-16-15(20)17-14(19)12(3)18(4)10-13-9-7-6-8-11(13)2/h6-9,12H,5,10H2,1-4H3,(H2,16,17,19,20)/t12-/m0/s1. The molecule has 0 aromatic heterocycles. The van der Waals surface area contributed by atoms with E-state index in [1.54, 1.807) is 13.8 Å². The van der Waals surface area contributed by atoms with Gasteiger partial charge in [0.2, 0.25) is 5.91 Å². The van der Waals surface area contributed by atoms with Crippen LogP contribution in [0.4, 0.5) is 4.79 Å². The summed E-state index contributed by atoms with van der Waals surface area (Å²) in [5, 5.41) is 4.87. The van der Waals surface area contributed by atoms with Gasteiger partial charge in [0.25, 0.3) is 0 Å². The summed E-state index contributed by atoms with van der Waals surface area (Å²) in [5.74, 6) is -0.299. The zero-order valence-electron chi connectivity index (χ0n) is 12.6. The summed E-state index contributed by atoms with van der Waals surface area (Å²) in [5.41, 5.74) is 2.36. The van der Waals surface area contributed by atoms with Gasteiger partial charge in [-0.3, -0.25) is 15.0 Å². The molecule has 0 heterocycles. The minimum absolute atomic E-state index is 0.299. The lowest BCUT2D eigenvalue weighted by atomic mass is 10.1. The summed E-state index contributed by atoms with van der Waals surface area (Å²) in [7, 11) is 1.87. The van der Waals surface area contributed by atoms with Crippen LogP contribution in [0.5, 0.6) is 0 Å². The predicted molar refractivity (Wildman–Crippen MR) is 79.3 cm³/mol. The number of carbonyl (C=O) groups excluding carboxylic acids is 2. The van der Waals surface area contributed by atoms with Gasteiger partial charge in [0.15, 0.2) is 0 Å². The van der Waals surface area contributed by atoms with Gasteiger partial charge in [0, 0.05) is 13.1 Å². The second-order valence-electron chi connectivity index (χ2n) is 4.87. The summed E-state index contributed by atoms with van der Waals surface area (Å²) in [6, 6.07) is 7.23. The molecule has 0 saturated heterocycles. The molecule has 0 radical (unpaired) electrons. The van der Waals surface area contributed by atoms with Crippen molar-refractivity contribution in [2.45, 2.75) is 33.4 Å². The Hall–Kier alpha value is -1.88. The summed E-state index contributed by atoms with van der Waals surface area (Å²) in [4.78, 5) is 25.2. The van der Waals surface area contributed by atoms with Crippen molar-refractivity contribution < 1.29 is 9.59 Å². The highest BCUT2D eigenvalue weighted by molar-refractivity contribution is 5.96. The molecular formula is C15H23N3O2. The molecule has 0 saturated carbocycles. The summed E-state index contributed by atoms with van der Waals surface area (Å²) >= 11 is 0. The number of urea groups is 1. The lowest BCUT2D eigenvalue weighted by Gasteiger charge is -2.24. The van der Waals surface area contributed by atoms with Crippen molar-refractivity contribution in [1.29, 1.82) is 0 Å². The normalized spacial score (nSPS) is 12.1. The van der Waals surface area contributed by atoms with Gasteiger partial charge in [-0.15, -0.1) is 0 Å². The molecule has 3 amide bonds. The third-order valence-corrected chi connectivity index (χ3v) is 3.30. The van der Waals surface area contributed by atoms with E-state index in [9.17, 15) is 9.59 Å². The third-order valence-electron chi connectivity index (χ3n) is 3.30. The molecule has 0 aliphatic carbocycles. The molecular weight excluding hydrogens is 254 g/mol. The fraction of sp³-hybridized carbons (Fsp3) is 0.467. The third kappa shape index (κ3) is 4.66. The van der Waals surface area contributed by atoms with E-state index in [2.05, 4.69) is 10.6 Å². The smallest absolute Gasteiger partial charge is 0.321 e. The van der Waals surface area contributed by atoms with Crippen molar-refractivity contribution in [3.8, 4) is 0 Å². The first kappa shape index (κ1) is 16.2. The van der Waals surface area contributed by atoms with Gasteiger partial charge >= 0.3 is 6.03 Å². The van der Waals surface area contributed by atoms with Gasteiger partial charge in [-0.1, -0.05) is 24.3 Å². The van der Waals surface area contributed by atoms with Gasteiger partial charge in [-0.2, -0.15) is 0 Å². The number of aryl methyl sites for hydroxylation is 1. The van der Waals surface area contributed by atoms with Gasteiger partial charge in [0.05, 0.1) is 6.04 Å². The molecule has 0 fully saturated rings. The SMILES string of the molecule is CCNC(=O)NC(=O)[C@H](C)N(C)Cc1ccccc1C.